The Morgan fingerprint density at radius 1 is 1.11 bits per heavy atom. The fourth-order valence-corrected chi connectivity index (χ4v) is 1.53. The van der Waals surface area contributed by atoms with E-state index in [1.165, 1.54) is 0 Å². The molecule has 0 unspecified atom stereocenters. The summed E-state index contributed by atoms with van der Waals surface area (Å²) in [6.45, 7) is 2.14. The van der Waals surface area contributed by atoms with Gasteiger partial charge >= 0.3 is 0 Å². The van der Waals surface area contributed by atoms with Gasteiger partial charge < -0.3 is 9.84 Å². The fraction of sp³-hybridized carbons (Fsp3) is 0.182. The summed E-state index contributed by atoms with van der Waals surface area (Å²) >= 11 is 0. The van der Waals surface area contributed by atoms with Gasteiger partial charge in [0.2, 0.25) is 11.8 Å². The van der Waals surface area contributed by atoms with E-state index in [0.717, 1.165) is 11.0 Å². The minimum absolute atomic E-state index is 0.400. The standard InChI is InChI=1S/C11H10N6O/c1-7-13-10(17-18-7)6-12-11-14-8-4-2-3-5-9(8)15-16-11/h2-5H,6H2,1H3,(H,12,14,16). The van der Waals surface area contributed by atoms with E-state index in [9.17, 15) is 0 Å². The third-order valence-electron chi connectivity index (χ3n) is 2.33. The zero-order valence-corrected chi connectivity index (χ0v) is 9.66. The van der Waals surface area contributed by atoms with Crippen LogP contribution in [0.5, 0.6) is 0 Å². The Morgan fingerprint density at radius 2 is 1.94 bits per heavy atom. The van der Waals surface area contributed by atoms with Gasteiger partial charge in [-0.15, -0.1) is 10.2 Å². The Hall–Kier alpha value is -2.57. The number of nitrogens with zero attached hydrogens (tertiary/aromatic N) is 5. The molecular weight excluding hydrogens is 232 g/mol. The largest absolute Gasteiger partial charge is 0.345 e. The minimum atomic E-state index is 0.400. The van der Waals surface area contributed by atoms with Crippen LogP contribution in [0.25, 0.3) is 11.0 Å². The predicted molar refractivity (Wildman–Crippen MR) is 63.7 cm³/mol. The second-order valence-electron chi connectivity index (χ2n) is 3.71. The lowest BCUT2D eigenvalue weighted by Crippen LogP contribution is -2.06. The number of anilines is 1. The Kier molecular flexibility index (Phi) is 2.56. The maximum absolute atomic E-state index is 4.87. The molecule has 0 bridgehead atoms. The van der Waals surface area contributed by atoms with E-state index in [-0.39, 0.29) is 0 Å². The number of aryl methyl sites for hydroxylation is 1. The maximum atomic E-state index is 4.87. The first kappa shape index (κ1) is 10.6. The molecule has 0 aliphatic rings. The van der Waals surface area contributed by atoms with Crippen LogP contribution in [-0.4, -0.2) is 25.3 Å². The molecule has 0 atom stereocenters. The van der Waals surface area contributed by atoms with Gasteiger partial charge in [-0.05, 0) is 12.1 Å². The molecule has 0 aliphatic heterocycles. The van der Waals surface area contributed by atoms with Crippen molar-refractivity contribution in [2.24, 2.45) is 0 Å². The third-order valence-corrected chi connectivity index (χ3v) is 2.33. The zero-order chi connectivity index (χ0) is 12.4. The van der Waals surface area contributed by atoms with Crippen molar-refractivity contribution < 1.29 is 4.52 Å². The van der Waals surface area contributed by atoms with E-state index in [1.54, 1.807) is 6.92 Å². The summed E-state index contributed by atoms with van der Waals surface area (Å²) in [6.07, 6.45) is 0. The van der Waals surface area contributed by atoms with Crippen molar-refractivity contribution in [3.05, 3.63) is 36.0 Å². The Bertz CT molecular complexity index is 680. The normalized spacial score (nSPS) is 10.7. The van der Waals surface area contributed by atoms with Gasteiger partial charge in [-0.25, -0.2) is 4.98 Å². The molecule has 7 heteroatoms. The molecule has 0 saturated carbocycles. The highest BCUT2D eigenvalue weighted by atomic mass is 16.5. The first-order chi connectivity index (χ1) is 8.81. The molecule has 90 valence electrons. The molecule has 1 N–H and O–H groups in total. The molecular formula is C11H10N6O. The smallest absolute Gasteiger partial charge is 0.243 e. The van der Waals surface area contributed by atoms with Crippen LogP contribution in [0.4, 0.5) is 5.95 Å². The average Bonchev–Trinajstić information content (AvgIpc) is 2.82. The van der Waals surface area contributed by atoms with Gasteiger partial charge in [-0.2, -0.15) is 4.98 Å². The van der Waals surface area contributed by atoms with E-state index < -0.39 is 0 Å². The Morgan fingerprint density at radius 3 is 2.72 bits per heavy atom. The van der Waals surface area contributed by atoms with Gasteiger partial charge in [0.05, 0.1) is 12.1 Å². The van der Waals surface area contributed by atoms with Crippen molar-refractivity contribution in [2.45, 2.75) is 13.5 Å². The highest BCUT2D eigenvalue weighted by Gasteiger charge is 2.04. The lowest BCUT2D eigenvalue weighted by Gasteiger charge is -2.01. The second kappa shape index (κ2) is 4.36. The van der Waals surface area contributed by atoms with Crippen LogP contribution < -0.4 is 5.32 Å². The highest BCUT2D eigenvalue weighted by molar-refractivity contribution is 5.73. The van der Waals surface area contributed by atoms with E-state index in [0.29, 0.717) is 24.2 Å². The summed E-state index contributed by atoms with van der Waals surface area (Å²) in [4.78, 5) is 8.40. The van der Waals surface area contributed by atoms with Crippen molar-refractivity contribution >= 4 is 17.0 Å². The molecule has 1 aromatic carbocycles. The lowest BCUT2D eigenvalue weighted by molar-refractivity contribution is 0.388. The molecule has 0 fully saturated rings. The van der Waals surface area contributed by atoms with Gasteiger partial charge in [-0.3, -0.25) is 0 Å². The summed E-state index contributed by atoms with van der Waals surface area (Å²) in [6, 6.07) is 7.55. The van der Waals surface area contributed by atoms with Crippen LogP contribution in [0, 0.1) is 6.92 Å². The first-order valence-corrected chi connectivity index (χ1v) is 5.44. The molecule has 18 heavy (non-hydrogen) atoms. The number of fused-ring (bicyclic) bond motifs is 1. The van der Waals surface area contributed by atoms with Crippen molar-refractivity contribution in [3.63, 3.8) is 0 Å². The number of rotatable bonds is 3. The number of hydrogen-bond acceptors (Lipinski definition) is 7. The summed E-state index contributed by atoms with van der Waals surface area (Å²) in [5, 5.41) is 14.8. The SMILES string of the molecule is Cc1nc(CNc2nnc3ccccc3n2)no1. The maximum Gasteiger partial charge on any atom is 0.243 e. The molecule has 2 aromatic heterocycles. The molecule has 0 aliphatic carbocycles. The monoisotopic (exact) mass is 242 g/mol. The molecule has 0 spiro atoms. The topological polar surface area (TPSA) is 89.6 Å². The van der Waals surface area contributed by atoms with Gasteiger partial charge in [0.1, 0.15) is 5.52 Å². The zero-order valence-electron chi connectivity index (χ0n) is 9.66. The highest BCUT2D eigenvalue weighted by Crippen LogP contribution is 2.09. The van der Waals surface area contributed by atoms with Crippen molar-refractivity contribution in [3.8, 4) is 0 Å². The van der Waals surface area contributed by atoms with Crippen LogP contribution in [0.2, 0.25) is 0 Å². The number of nitrogens with one attached hydrogen (secondary N) is 1. The molecule has 0 radical (unpaired) electrons. The van der Waals surface area contributed by atoms with E-state index in [2.05, 4.69) is 30.6 Å². The molecule has 0 saturated heterocycles. The van der Waals surface area contributed by atoms with E-state index in [1.807, 2.05) is 24.3 Å². The van der Waals surface area contributed by atoms with Crippen LogP contribution >= 0.6 is 0 Å². The number of aromatic nitrogens is 5. The summed E-state index contributed by atoms with van der Waals surface area (Å²) in [5.74, 6) is 1.53. The van der Waals surface area contributed by atoms with Gasteiger partial charge in [-0.1, -0.05) is 17.3 Å². The molecule has 2 heterocycles. The fourth-order valence-electron chi connectivity index (χ4n) is 1.53. The summed E-state index contributed by atoms with van der Waals surface area (Å²) in [5.41, 5.74) is 1.55. The molecule has 3 rings (SSSR count). The summed E-state index contributed by atoms with van der Waals surface area (Å²) < 4.78 is 4.87. The Balaban J connectivity index is 1.78. The molecule has 0 amide bonds. The van der Waals surface area contributed by atoms with Crippen molar-refractivity contribution in [1.82, 2.24) is 25.3 Å². The quantitative estimate of drug-likeness (QED) is 0.740. The minimum Gasteiger partial charge on any atom is -0.345 e. The Labute approximate surface area is 102 Å². The lowest BCUT2D eigenvalue weighted by atomic mass is 10.3. The first-order valence-electron chi connectivity index (χ1n) is 5.44. The van der Waals surface area contributed by atoms with Gasteiger partial charge in [0.25, 0.3) is 0 Å². The van der Waals surface area contributed by atoms with Crippen LogP contribution in [0.15, 0.2) is 28.8 Å². The van der Waals surface area contributed by atoms with Crippen LogP contribution in [-0.2, 0) is 6.54 Å². The van der Waals surface area contributed by atoms with Crippen LogP contribution in [0.3, 0.4) is 0 Å². The number of para-hydroxylation sites is 1. The second-order valence-corrected chi connectivity index (χ2v) is 3.71. The molecule has 7 nitrogen and oxygen atoms in total. The number of hydrogen-bond donors (Lipinski definition) is 1. The number of benzene rings is 1. The van der Waals surface area contributed by atoms with Gasteiger partial charge in [0, 0.05) is 6.92 Å². The van der Waals surface area contributed by atoms with Crippen molar-refractivity contribution in [1.29, 1.82) is 0 Å². The summed E-state index contributed by atoms with van der Waals surface area (Å²) in [7, 11) is 0. The van der Waals surface area contributed by atoms with Crippen LogP contribution in [0.1, 0.15) is 11.7 Å². The average molecular weight is 242 g/mol. The molecule has 3 aromatic rings. The van der Waals surface area contributed by atoms with E-state index in [4.69, 9.17) is 4.52 Å². The van der Waals surface area contributed by atoms with Crippen molar-refractivity contribution in [2.75, 3.05) is 5.32 Å². The predicted octanol–water partition coefficient (Wildman–Crippen LogP) is 1.33. The van der Waals surface area contributed by atoms with Gasteiger partial charge in [0.15, 0.2) is 5.82 Å². The third kappa shape index (κ3) is 2.10. The van der Waals surface area contributed by atoms with E-state index >= 15 is 0 Å².